The first-order chi connectivity index (χ1) is 15.5. The summed E-state index contributed by atoms with van der Waals surface area (Å²) in [5.74, 6) is -0.405. The van der Waals surface area contributed by atoms with Crippen LogP contribution < -0.4 is 10.1 Å². The number of amides is 2. The minimum absolute atomic E-state index is 0.00940. The molecule has 1 N–H and O–H groups in total. The summed E-state index contributed by atoms with van der Waals surface area (Å²) >= 11 is 2.42. The minimum atomic E-state index is -0.528. The largest absolute Gasteiger partial charge is 0.493 e. The van der Waals surface area contributed by atoms with E-state index in [1.807, 2.05) is 0 Å². The molecule has 0 saturated carbocycles. The Morgan fingerprint density at radius 1 is 1.25 bits per heavy atom. The summed E-state index contributed by atoms with van der Waals surface area (Å²) < 4.78 is 25.6. The van der Waals surface area contributed by atoms with Crippen LogP contribution >= 0.6 is 23.1 Å². The normalized spacial score (nSPS) is 13.8. The van der Waals surface area contributed by atoms with E-state index >= 15 is 0 Å². The number of aromatic nitrogens is 4. The lowest BCUT2D eigenvalue weighted by Crippen LogP contribution is -2.41. The first-order valence-electron chi connectivity index (χ1n) is 9.56. The smallest absolute Gasteiger partial charge is 0.281 e. The summed E-state index contributed by atoms with van der Waals surface area (Å²) in [4.78, 5) is 26.7. The molecule has 1 aliphatic heterocycles. The molecule has 3 aromatic rings. The van der Waals surface area contributed by atoms with E-state index in [9.17, 15) is 14.0 Å². The number of ether oxygens (including phenoxy) is 2. The van der Waals surface area contributed by atoms with Crippen LogP contribution in [0.5, 0.6) is 5.75 Å². The van der Waals surface area contributed by atoms with Crippen molar-refractivity contribution in [3.8, 4) is 11.4 Å². The SMILES string of the molecule is COc1cn(-c2ccc(F)cc2)nc1C(=O)Nc1nnc(SCC(=O)N2CCOCC2)s1. The van der Waals surface area contributed by atoms with E-state index in [0.717, 1.165) is 11.3 Å². The van der Waals surface area contributed by atoms with Crippen LogP contribution in [0.3, 0.4) is 0 Å². The van der Waals surface area contributed by atoms with E-state index in [4.69, 9.17) is 9.47 Å². The van der Waals surface area contributed by atoms with E-state index in [-0.39, 0.29) is 34.1 Å². The van der Waals surface area contributed by atoms with Gasteiger partial charge in [0.05, 0.1) is 38.0 Å². The molecular formula is C19H19FN6O4S2. The van der Waals surface area contributed by atoms with Crippen molar-refractivity contribution >= 4 is 40.0 Å². The highest BCUT2D eigenvalue weighted by Gasteiger charge is 2.21. The highest BCUT2D eigenvalue weighted by Crippen LogP contribution is 2.27. The molecule has 0 atom stereocenters. The van der Waals surface area contributed by atoms with E-state index in [1.54, 1.807) is 4.90 Å². The number of nitrogens with one attached hydrogen (secondary N) is 1. The summed E-state index contributed by atoms with van der Waals surface area (Å²) in [6, 6.07) is 5.67. The fourth-order valence-corrected chi connectivity index (χ4v) is 4.54. The van der Waals surface area contributed by atoms with Gasteiger partial charge in [0, 0.05) is 13.1 Å². The number of nitrogens with zero attached hydrogens (tertiary/aromatic N) is 5. The maximum atomic E-state index is 13.2. The zero-order valence-electron chi connectivity index (χ0n) is 17.0. The first-order valence-corrected chi connectivity index (χ1v) is 11.4. The summed E-state index contributed by atoms with van der Waals surface area (Å²) in [5, 5.41) is 15.1. The van der Waals surface area contributed by atoms with Crippen LogP contribution in [0.25, 0.3) is 5.69 Å². The van der Waals surface area contributed by atoms with Crippen LogP contribution in [-0.4, -0.2) is 75.9 Å². The number of carbonyl (C=O) groups excluding carboxylic acids is 2. The van der Waals surface area contributed by atoms with Crippen molar-refractivity contribution < 1.29 is 23.5 Å². The number of thioether (sulfide) groups is 1. The lowest BCUT2D eigenvalue weighted by Gasteiger charge is -2.26. The molecule has 13 heteroatoms. The number of hydrogen-bond donors (Lipinski definition) is 1. The molecule has 2 amide bonds. The number of benzene rings is 1. The molecule has 0 spiro atoms. The van der Waals surface area contributed by atoms with Crippen molar-refractivity contribution in [3.63, 3.8) is 0 Å². The predicted molar refractivity (Wildman–Crippen MR) is 116 cm³/mol. The molecule has 4 rings (SSSR count). The van der Waals surface area contributed by atoms with Crippen LogP contribution in [0.15, 0.2) is 34.8 Å². The molecule has 168 valence electrons. The van der Waals surface area contributed by atoms with Gasteiger partial charge < -0.3 is 14.4 Å². The maximum absolute atomic E-state index is 13.2. The standard InChI is InChI=1S/C19H19FN6O4S2/c1-29-14-10-26(13-4-2-12(20)3-5-13)24-16(14)17(28)21-18-22-23-19(32-18)31-11-15(27)25-6-8-30-9-7-25/h2-5,10H,6-9,11H2,1H3,(H,21,22,28). The van der Waals surface area contributed by atoms with Crippen molar-refractivity contribution in [2.45, 2.75) is 4.34 Å². The lowest BCUT2D eigenvalue weighted by atomic mass is 10.3. The lowest BCUT2D eigenvalue weighted by molar-refractivity contribution is -0.132. The number of morpholine rings is 1. The van der Waals surface area contributed by atoms with Gasteiger partial charge in [-0.2, -0.15) is 5.10 Å². The average Bonchev–Trinajstić information content (AvgIpc) is 3.45. The van der Waals surface area contributed by atoms with E-state index < -0.39 is 5.91 Å². The van der Waals surface area contributed by atoms with Crippen molar-refractivity contribution in [1.82, 2.24) is 24.9 Å². The summed E-state index contributed by atoms with van der Waals surface area (Å²) in [6.07, 6.45) is 1.53. The van der Waals surface area contributed by atoms with Crippen LogP contribution in [0.4, 0.5) is 9.52 Å². The van der Waals surface area contributed by atoms with Crippen LogP contribution in [0.1, 0.15) is 10.5 Å². The van der Waals surface area contributed by atoms with Gasteiger partial charge in [0.15, 0.2) is 15.8 Å². The quantitative estimate of drug-likeness (QED) is 0.406. The Kier molecular flexibility index (Phi) is 6.97. The molecule has 1 aromatic carbocycles. The number of hydrogen-bond acceptors (Lipinski definition) is 9. The number of halogens is 1. The number of methoxy groups -OCH3 is 1. The van der Waals surface area contributed by atoms with E-state index in [0.29, 0.717) is 36.3 Å². The van der Waals surface area contributed by atoms with Gasteiger partial charge in [-0.3, -0.25) is 14.9 Å². The molecule has 3 heterocycles. The highest BCUT2D eigenvalue weighted by atomic mass is 32.2. The summed E-state index contributed by atoms with van der Waals surface area (Å²) in [7, 11) is 1.42. The van der Waals surface area contributed by atoms with Crippen molar-refractivity contribution in [2.24, 2.45) is 0 Å². The van der Waals surface area contributed by atoms with Crippen molar-refractivity contribution in [3.05, 3.63) is 42.0 Å². The van der Waals surface area contributed by atoms with E-state index in [2.05, 4.69) is 20.6 Å². The van der Waals surface area contributed by atoms with Gasteiger partial charge in [0.25, 0.3) is 5.91 Å². The molecule has 32 heavy (non-hydrogen) atoms. The monoisotopic (exact) mass is 478 g/mol. The molecule has 0 bridgehead atoms. The fraction of sp³-hybridized carbons (Fsp3) is 0.316. The van der Waals surface area contributed by atoms with Gasteiger partial charge in [0.1, 0.15) is 5.82 Å². The van der Waals surface area contributed by atoms with Gasteiger partial charge >= 0.3 is 0 Å². The van der Waals surface area contributed by atoms with Gasteiger partial charge in [-0.25, -0.2) is 9.07 Å². The molecular weight excluding hydrogens is 459 g/mol. The van der Waals surface area contributed by atoms with Gasteiger partial charge in [-0.1, -0.05) is 23.1 Å². The topological polar surface area (TPSA) is 111 Å². The molecule has 0 unspecified atom stereocenters. The molecule has 0 radical (unpaired) electrons. The molecule has 0 aliphatic carbocycles. The molecule has 2 aromatic heterocycles. The Morgan fingerprint density at radius 2 is 2.00 bits per heavy atom. The molecule has 1 saturated heterocycles. The molecule has 1 fully saturated rings. The number of anilines is 1. The second-order valence-corrected chi connectivity index (χ2v) is 8.78. The summed E-state index contributed by atoms with van der Waals surface area (Å²) in [6.45, 7) is 2.27. The third-order valence-corrected chi connectivity index (χ3v) is 6.47. The summed E-state index contributed by atoms with van der Waals surface area (Å²) in [5.41, 5.74) is 0.618. The third-order valence-electron chi connectivity index (χ3n) is 4.52. The molecule has 1 aliphatic rings. The van der Waals surface area contributed by atoms with Crippen LogP contribution in [0.2, 0.25) is 0 Å². The Bertz CT molecular complexity index is 1100. The Labute approximate surface area is 190 Å². The Balaban J connectivity index is 1.38. The van der Waals surface area contributed by atoms with Gasteiger partial charge in [-0.05, 0) is 24.3 Å². The fourth-order valence-electron chi connectivity index (χ4n) is 2.89. The second-order valence-electron chi connectivity index (χ2n) is 6.58. The second kappa shape index (κ2) is 10.1. The number of rotatable bonds is 7. The predicted octanol–water partition coefficient (Wildman–Crippen LogP) is 2.07. The van der Waals surface area contributed by atoms with Gasteiger partial charge in [0.2, 0.25) is 11.0 Å². The average molecular weight is 479 g/mol. The maximum Gasteiger partial charge on any atom is 0.281 e. The van der Waals surface area contributed by atoms with Crippen molar-refractivity contribution in [1.29, 1.82) is 0 Å². The van der Waals surface area contributed by atoms with E-state index in [1.165, 1.54) is 54.0 Å². The van der Waals surface area contributed by atoms with Gasteiger partial charge in [-0.15, -0.1) is 10.2 Å². The number of carbonyl (C=O) groups is 2. The highest BCUT2D eigenvalue weighted by molar-refractivity contribution is 8.01. The Morgan fingerprint density at radius 3 is 2.72 bits per heavy atom. The Hall–Kier alpha value is -3.03. The zero-order valence-corrected chi connectivity index (χ0v) is 18.6. The van der Waals surface area contributed by atoms with Crippen LogP contribution in [0, 0.1) is 5.82 Å². The zero-order chi connectivity index (χ0) is 22.5. The molecule has 10 nitrogen and oxygen atoms in total. The minimum Gasteiger partial charge on any atom is -0.493 e. The first kappa shape index (κ1) is 22.2. The van der Waals surface area contributed by atoms with Crippen molar-refractivity contribution in [2.75, 3.05) is 44.5 Å². The third kappa shape index (κ3) is 5.23. The van der Waals surface area contributed by atoms with Crippen LogP contribution in [-0.2, 0) is 9.53 Å².